The predicted octanol–water partition coefficient (Wildman–Crippen LogP) is 4.60. The molecule has 2 heterocycles. The summed E-state index contributed by atoms with van der Waals surface area (Å²) in [4.78, 5) is 27.4. The van der Waals surface area contributed by atoms with Crippen LogP contribution in [0.1, 0.15) is 51.1 Å². The summed E-state index contributed by atoms with van der Waals surface area (Å²) in [5, 5.41) is 0.630. The number of ether oxygens (including phenoxy) is 1. The molecule has 140 valence electrons. The zero-order chi connectivity index (χ0) is 19.2. The Kier molecular flexibility index (Phi) is 4.47. The van der Waals surface area contributed by atoms with Crippen LogP contribution in [0, 0.1) is 13.8 Å². The third kappa shape index (κ3) is 3.12. The average molecular weight is 384 g/mol. The van der Waals surface area contributed by atoms with E-state index in [1.807, 2.05) is 55.1 Å². The summed E-state index contributed by atoms with van der Waals surface area (Å²) in [6.07, 6.45) is 1.64. The molecular weight excluding hydrogens is 362 g/mol. The van der Waals surface area contributed by atoms with Crippen molar-refractivity contribution in [1.82, 2.24) is 4.90 Å². The van der Waals surface area contributed by atoms with Crippen LogP contribution in [0.5, 0.6) is 5.75 Å². The summed E-state index contributed by atoms with van der Waals surface area (Å²) < 4.78 is 6.36. The lowest BCUT2D eigenvalue weighted by Crippen LogP contribution is -2.52. The van der Waals surface area contributed by atoms with Crippen molar-refractivity contribution in [2.24, 2.45) is 0 Å². The standard InChI is InChI=1S/C22H22ClNO3/c1-14-12-18-19(15(2)20(14)23)17(25)13-22(27-18)8-10-24(11-9-22)21(26)16-6-4-3-5-7-16/h3-7,12H,8-11,13H2,1-2H3. The van der Waals surface area contributed by atoms with Crippen molar-refractivity contribution in [1.29, 1.82) is 0 Å². The molecule has 0 aromatic heterocycles. The predicted molar refractivity (Wildman–Crippen MR) is 105 cm³/mol. The number of aryl methyl sites for hydroxylation is 1. The molecule has 1 spiro atoms. The highest BCUT2D eigenvalue weighted by Crippen LogP contribution is 2.43. The van der Waals surface area contributed by atoms with Crippen LogP contribution in [0.3, 0.4) is 0 Å². The number of Topliss-reactive ketones (excluding diaryl/α,β-unsaturated/α-hetero) is 1. The highest BCUT2D eigenvalue weighted by atomic mass is 35.5. The van der Waals surface area contributed by atoms with Gasteiger partial charge in [0.05, 0.1) is 12.0 Å². The number of carbonyl (C=O) groups excluding carboxylic acids is 2. The van der Waals surface area contributed by atoms with Gasteiger partial charge in [-0.05, 0) is 43.2 Å². The van der Waals surface area contributed by atoms with E-state index in [4.69, 9.17) is 16.3 Å². The summed E-state index contributed by atoms with van der Waals surface area (Å²) in [6, 6.07) is 11.2. The molecule has 0 atom stereocenters. The molecule has 0 N–H and O–H groups in total. The van der Waals surface area contributed by atoms with Gasteiger partial charge in [0.25, 0.3) is 5.91 Å². The minimum Gasteiger partial charge on any atom is -0.486 e. The lowest BCUT2D eigenvalue weighted by atomic mass is 9.81. The van der Waals surface area contributed by atoms with E-state index >= 15 is 0 Å². The summed E-state index contributed by atoms with van der Waals surface area (Å²) in [6.45, 7) is 4.96. The van der Waals surface area contributed by atoms with Crippen molar-refractivity contribution in [2.45, 2.75) is 38.7 Å². The van der Waals surface area contributed by atoms with Gasteiger partial charge < -0.3 is 9.64 Å². The summed E-state index contributed by atoms with van der Waals surface area (Å²) in [5.74, 6) is 0.749. The van der Waals surface area contributed by atoms with E-state index in [2.05, 4.69) is 0 Å². The van der Waals surface area contributed by atoms with Crippen molar-refractivity contribution in [3.05, 3.63) is 63.7 Å². The van der Waals surface area contributed by atoms with Gasteiger partial charge in [0, 0.05) is 36.5 Å². The number of likely N-dealkylation sites (tertiary alicyclic amines) is 1. The Morgan fingerprint density at radius 1 is 1.15 bits per heavy atom. The van der Waals surface area contributed by atoms with Crippen LogP contribution in [0.2, 0.25) is 5.02 Å². The number of amides is 1. The molecular formula is C22H22ClNO3. The first kappa shape index (κ1) is 18.1. The van der Waals surface area contributed by atoms with E-state index in [0.29, 0.717) is 54.3 Å². The number of carbonyl (C=O) groups is 2. The lowest BCUT2D eigenvalue weighted by molar-refractivity contribution is -0.00580. The van der Waals surface area contributed by atoms with Gasteiger partial charge >= 0.3 is 0 Å². The normalized spacial score (nSPS) is 18.2. The van der Waals surface area contributed by atoms with Crippen LogP contribution in [-0.2, 0) is 0 Å². The SMILES string of the molecule is Cc1cc2c(c(C)c1Cl)C(=O)CC1(CCN(C(=O)c3ccccc3)CC1)O2. The molecule has 4 rings (SSSR count). The second kappa shape index (κ2) is 6.68. The molecule has 0 bridgehead atoms. The van der Waals surface area contributed by atoms with Crippen LogP contribution in [-0.4, -0.2) is 35.3 Å². The van der Waals surface area contributed by atoms with Crippen molar-refractivity contribution in [3.8, 4) is 5.75 Å². The smallest absolute Gasteiger partial charge is 0.253 e. The molecule has 2 aromatic rings. The molecule has 0 radical (unpaired) electrons. The zero-order valence-electron chi connectivity index (χ0n) is 15.5. The van der Waals surface area contributed by atoms with E-state index in [1.165, 1.54) is 0 Å². The van der Waals surface area contributed by atoms with Crippen LogP contribution in [0.25, 0.3) is 0 Å². The average Bonchev–Trinajstić information content (AvgIpc) is 2.66. The number of fused-ring (bicyclic) bond motifs is 1. The van der Waals surface area contributed by atoms with Crippen molar-refractivity contribution in [3.63, 3.8) is 0 Å². The highest BCUT2D eigenvalue weighted by molar-refractivity contribution is 6.32. The Labute approximate surface area is 164 Å². The molecule has 0 unspecified atom stereocenters. The quantitative estimate of drug-likeness (QED) is 0.723. The maximum atomic E-state index is 12.9. The number of rotatable bonds is 1. The molecule has 2 aliphatic heterocycles. The number of halogens is 1. The van der Waals surface area contributed by atoms with Crippen LogP contribution in [0.15, 0.2) is 36.4 Å². The number of ketones is 1. The van der Waals surface area contributed by atoms with Gasteiger partial charge in [0.2, 0.25) is 0 Å². The Morgan fingerprint density at radius 3 is 2.48 bits per heavy atom. The van der Waals surface area contributed by atoms with Crippen molar-refractivity contribution < 1.29 is 14.3 Å². The van der Waals surface area contributed by atoms with E-state index in [0.717, 1.165) is 11.1 Å². The van der Waals surface area contributed by atoms with Gasteiger partial charge in [0.15, 0.2) is 5.78 Å². The first-order chi connectivity index (χ1) is 12.9. The minimum absolute atomic E-state index is 0.0338. The summed E-state index contributed by atoms with van der Waals surface area (Å²) >= 11 is 6.32. The van der Waals surface area contributed by atoms with Gasteiger partial charge in [-0.25, -0.2) is 0 Å². The maximum Gasteiger partial charge on any atom is 0.253 e. The summed E-state index contributed by atoms with van der Waals surface area (Å²) in [7, 11) is 0. The van der Waals surface area contributed by atoms with E-state index in [-0.39, 0.29) is 11.7 Å². The molecule has 1 fully saturated rings. The zero-order valence-corrected chi connectivity index (χ0v) is 16.3. The highest BCUT2D eigenvalue weighted by Gasteiger charge is 2.44. The number of benzene rings is 2. The summed E-state index contributed by atoms with van der Waals surface area (Å²) in [5.41, 5.74) is 2.49. The second-order valence-corrected chi connectivity index (χ2v) is 7.93. The maximum absolute atomic E-state index is 12.9. The Balaban J connectivity index is 1.54. The number of hydrogen-bond acceptors (Lipinski definition) is 3. The van der Waals surface area contributed by atoms with Gasteiger partial charge in [-0.1, -0.05) is 29.8 Å². The molecule has 1 saturated heterocycles. The van der Waals surface area contributed by atoms with Gasteiger partial charge in [-0.15, -0.1) is 0 Å². The van der Waals surface area contributed by atoms with Crippen molar-refractivity contribution in [2.75, 3.05) is 13.1 Å². The largest absolute Gasteiger partial charge is 0.486 e. The fraction of sp³-hybridized carbons (Fsp3) is 0.364. The fourth-order valence-corrected chi connectivity index (χ4v) is 4.31. The van der Waals surface area contributed by atoms with Gasteiger partial charge in [0.1, 0.15) is 11.4 Å². The first-order valence-electron chi connectivity index (χ1n) is 9.26. The van der Waals surface area contributed by atoms with Crippen LogP contribution in [0.4, 0.5) is 0 Å². The number of nitrogens with zero attached hydrogens (tertiary/aromatic N) is 1. The third-order valence-electron chi connectivity index (χ3n) is 5.72. The topological polar surface area (TPSA) is 46.6 Å². The van der Waals surface area contributed by atoms with E-state index in [9.17, 15) is 9.59 Å². The fourth-order valence-electron chi connectivity index (χ4n) is 4.16. The second-order valence-electron chi connectivity index (χ2n) is 7.55. The first-order valence-corrected chi connectivity index (χ1v) is 9.64. The molecule has 1 amide bonds. The van der Waals surface area contributed by atoms with E-state index < -0.39 is 5.60 Å². The van der Waals surface area contributed by atoms with Gasteiger partial charge in [-0.2, -0.15) is 0 Å². The Hall–Kier alpha value is -2.33. The lowest BCUT2D eigenvalue weighted by Gasteiger charge is -2.44. The molecule has 5 heteroatoms. The monoisotopic (exact) mass is 383 g/mol. The third-order valence-corrected chi connectivity index (χ3v) is 6.30. The molecule has 4 nitrogen and oxygen atoms in total. The van der Waals surface area contributed by atoms with Crippen molar-refractivity contribution >= 4 is 23.3 Å². The number of hydrogen-bond donors (Lipinski definition) is 0. The van der Waals surface area contributed by atoms with Gasteiger partial charge in [-0.3, -0.25) is 9.59 Å². The van der Waals surface area contributed by atoms with Crippen LogP contribution >= 0.6 is 11.6 Å². The Morgan fingerprint density at radius 2 is 1.81 bits per heavy atom. The molecule has 2 aliphatic rings. The molecule has 0 aliphatic carbocycles. The van der Waals surface area contributed by atoms with E-state index in [1.54, 1.807) is 0 Å². The molecule has 2 aromatic carbocycles. The van der Waals surface area contributed by atoms with Crippen LogP contribution < -0.4 is 4.74 Å². The minimum atomic E-state index is -0.524. The molecule has 27 heavy (non-hydrogen) atoms. The number of piperidine rings is 1. The Bertz CT molecular complexity index is 915. The molecule has 0 saturated carbocycles.